The smallest absolute Gasteiger partial charge is 0.291 e. The largest absolute Gasteiger partial charge is 0.491 e. The number of benzene rings is 2. The van der Waals surface area contributed by atoms with Crippen LogP contribution < -0.4 is 14.8 Å². The van der Waals surface area contributed by atoms with Gasteiger partial charge < -0.3 is 4.74 Å². The summed E-state index contributed by atoms with van der Waals surface area (Å²) >= 11 is 1.18. The van der Waals surface area contributed by atoms with E-state index in [-0.39, 0.29) is 17.5 Å². The maximum atomic E-state index is 13.8. The average molecular weight is 381 g/mol. The lowest BCUT2D eigenvalue weighted by Crippen LogP contribution is -2.23. The molecule has 0 radical (unpaired) electrons. The lowest BCUT2D eigenvalue weighted by atomic mass is 10.2. The van der Waals surface area contributed by atoms with Gasteiger partial charge in [-0.3, -0.25) is 4.79 Å². The zero-order valence-corrected chi connectivity index (χ0v) is 15.5. The van der Waals surface area contributed by atoms with Crippen LogP contribution in [-0.2, 0) is 0 Å². The van der Waals surface area contributed by atoms with Crippen molar-refractivity contribution < 1.29 is 9.13 Å². The molecule has 0 amide bonds. The standard InChI is InChI=1S/C20H16FN3O2S/c1-12(2)26-15-9-7-13(8-10-15)18-22-20-24(23-18)19(25)17(27-20)11-14-5-3-4-6-16(14)21/h3-12H,1-2H3/b17-11-. The van der Waals surface area contributed by atoms with Crippen LogP contribution in [0.1, 0.15) is 19.4 Å². The van der Waals surface area contributed by atoms with Gasteiger partial charge in [0.1, 0.15) is 11.6 Å². The first kappa shape index (κ1) is 17.4. The minimum atomic E-state index is -0.375. The Morgan fingerprint density at radius 1 is 1.15 bits per heavy atom. The second kappa shape index (κ2) is 6.92. The summed E-state index contributed by atoms with van der Waals surface area (Å²) < 4.78 is 21.1. The summed E-state index contributed by atoms with van der Waals surface area (Å²) in [4.78, 5) is 17.5. The van der Waals surface area contributed by atoms with E-state index in [2.05, 4.69) is 10.1 Å². The fourth-order valence-electron chi connectivity index (χ4n) is 2.64. The Bertz CT molecular complexity index is 1210. The fourth-order valence-corrected chi connectivity index (χ4v) is 3.54. The van der Waals surface area contributed by atoms with Gasteiger partial charge in [-0.25, -0.2) is 4.39 Å². The van der Waals surface area contributed by atoms with Gasteiger partial charge in [-0.2, -0.15) is 9.50 Å². The molecule has 0 atom stereocenters. The molecule has 0 unspecified atom stereocenters. The second-order valence-electron chi connectivity index (χ2n) is 6.26. The topological polar surface area (TPSA) is 56.5 Å². The molecule has 0 aliphatic heterocycles. The molecule has 0 N–H and O–H groups in total. The minimum Gasteiger partial charge on any atom is -0.491 e. The van der Waals surface area contributed by atoms with E-state index in [9.17, 15) is 9.18 Å². The molecule has 0 saturated heterocycles. The maximum absolute atomic E-state index is 13.8. The molecule has 0 bridgehead atoms. The van der Waals surface area contributed by atoms with Gasteiger partial charge in [0, 0.05) is 11.1 Å². The Labute approximate surface area is 158 Å². The first-order chi connectivity index (χ1) is 13.0. The third-order valence-corrected chi connectivity index (χ3v) is 4.82. The van der Waals surface area contributed by atoms with Crippen molar-refractivity contribution in [3.05, 3.63) is 74.8 Å². The van der Waals surface area contributed by atoms with E-state index in [4.69, 9.17) is 4.74 Å². The zero-order valence-electron chi connectivity index (χ0n) is 14.7. The quantitative estimate of drug-likeness (QED) is 0.544. The minimum absolute atomic E-state index is 0.0964. The summed E-state index contributed by atoms with van der Waals surface area (Å²) in [6, 6.07) is 13.7. The van der Waals surface area contributed by atoms with Crippen molar-refractivity contribution >= 4 is 22.4 Å². The molecule has 4 rings (SSSR count). The summed E-state index contributed by atoms with van der Waals surface area (Å²) in [5.74, 6) is 0.855. The van der Waals surface area contributed by atoms with Gasteiger partial charge >= 0.3 is 0 Å². The number of nitrogens with zero attached hydrogens (tertiary/aromatic N) is 3. The Balaban J connectivity index is 1.71. The molecular weight excluding hydrogens is 365 g/mol. The van der Waals surface area contributed by atoms with Crippen LogP contribution in [0.4, 0.5) is 4.39 Å². The molecule has 4 aromatic rings. The SMILES string of the molecule is CC(C)Oc1ccc(-c2nc3s/c(=C\c4ccccc4F)c(=O)n3n2)cc1. The molecule has 0 saturated carbocycles. The Morgan fingerprint density at radius 3 is 2.56 bits per heavy atom. The predicted molar refractivity (Wildman–Crippen MR) is 104 cm³/mol. The number of thiazole rings is 1. The van der Waals surface area contributed by atoms with E-state index < -0.39 is 0 Å². The van der Waals surface area contributed by atoms with Gasteiger partial charge in [-0.1, -0.05) is 29.5 Å². The van der Waals surface area contributed by atoms with Gasteiger partial charge in [0.15, 0.2) is 5.82 Å². The molecule has 7 heteroatoms. The third-order valence-electron chi connectivity index (χ3n) is 3.86. The van der Waals surface area contributed by atoms with Crippen LogP contribution in [0.3, 0.4) is 0 Å². The van der Waals surface area contributed by atoms with E-state index >= 15 is 0 Å². The normalized spacial score (nSPS) is 12.2. The van der Waals surface area contributed by atoms with Crippen molar-refractivity contribution in [2.24, 2.45) is 0 Å². The predicted octanol–water partition coefficient (Wildman–Crippen LogP) is 3.29. The van der Waals surface area contributed by atoms with Crippen molar-refractivity contribution in [3.8, 4) is 17.1 Å². The van der Waals surface area contributed by atoms with Crippen molar-refractivity contribution in [1.82, 2.24) is 14.6 Å². The van der Waals surface area contributed by atoms with Crippen LogP contribution in [0, 0.1) is 5.82 Å². The Hall–Kier alpha value is -3.06. The van der Waals surface area contributed by atoms with Crippen molar-refractivity contribution in [3.63, 3.8) is 0 Å². The number of hydrogen-bond donors (Lipinski definition) is 0. The summed E-state index contributed by atoms with van der Waals surface area (Å²) in [5.41, 5.74) is 0.845. The summed E-state index contributed by atoms with van der Waals surface area (Å²) in [5, 5.41) is 4.31. The highest BCUT2D eigenvalue weighted by Crippen LogP contribution is 2.21. The molecule has 136 valence electrons. The summed E-state index contributed by atoms with van der Waals surface area (Å²) in [6.07, 6.45) is 1.62. The molecule has 0 fully saturated rings. The molecule has 2 heterocycles. The summed E-state index contributed by atoms with van der Waals surface area (Å²) in [7, 11) is 0. The summed E-state index contributed by atoms with van der Waals surface area (Å²) in [6.45, 7) is 3.93. The van der Waals surface area contributed by atoms with Crippen LogP contribution >= 0.6 is 11.3 Å². The van der Waals surface area contributed by atoms with E-state index in [0.29, 0.717) is 20.9 Å². The van der Waals surface area contributed by atoms with Crippen LogP contribution in [0.15, 0.2) is 53.3 Å². The highest BCUT2D eigenvalue weighted by Gasteiger charge is 2.12. The van der Waals surface area contributed by atoms with E-state index in [1.807, 2.05) is 38.1 Å². The Kier molecular flexibility index (Phi) is 4.45. The van der Waals surface area contributed by atoms with E-state index in [1.54, 1.807) is 18.2 Å². The third kappa shape index (κ3) is 3.46. The second-order valence-corrected chi connectivity index (χ2v) is 7.27. The number of ether oxygens (including phenoxy) is 1. The number of hydrogen-bond acceptors (Lipinski definition) is 5. The number of aromatic nitrogens is 3. The van der Waals surface area contributed by atoms with Crippen LogP contribution in [0.25, 0.3) is 22.4 Å². The van der Waals surface area contributed by atoms with Gasteiger partial charge in [-0.15, -0.1) is 5.10 Å². The molecule has 2 aromatic heterocycles. The maximum Gasteiger partial charge on any atom is 0.291 e. The first-order valence-electron chi connectivity index (χ1n) is 8.44. The van der Waals surface area contributed by atoms with Gasteiger partial charge in [-0.05, 0) is 50.3 Å². The zero-order chi connectivity index (χ0) is 19.0. The first-order valence-corrected chi connectivity index (χ1v) is 9.26. The van der Waals surface area contributed by atoms with Crippen molar-refractivity contribution in [2.45, 2.75) is 20.0 Å². The van der Waals surface area contributed by atoms with E-state index in [0.717, 1.165) is 11.3 Å². The molecular formula is C20H16FN3O2S. The van der Waals surface area contributed by atoms with Crippen LogP contribution in [0.2, 0.25) is 0 Å². The van der Waals surface area contributed by atoms with Crippen molar-refractivity contribution in [2.75, 3.05) is 0 Å². The molecule has 27 heavy (non-hydrogen) atoms. The fraction of sp³-hybridized carbons (Fsp3) is 0.150. The van der Waals surface area contributed by atoms with Gasteiger partial charge in [0.2, 0.25) is 4.96 Å². The number of rotatable bonds is 4. The Morgan fingerprint density at radius 2 is 1.89 bits per heavy atom. The lowest BCUT2D eigenvalue weighted by molar-refractivity contribution is 0.242. The molecule has 0 aliphatic carbocycles. The lowest BCUT2D eigenvalue weighted by Gasteiger charge is -2.09. The average Bonchev–Trinajstić information content (AvgIpc) is 3.17. The molecule has 0 aliphatic rings. The molecule has 5 nitrogen and oxygen atoms in total. The number of halogens is 1. The highest BCUT2D eigenvalue weighted by atomic mass is 32.1. The van der Waals surface area contributed by atoms with Crippen LogP contribution in [0.5, 0.6) is 5.75 Å². The van der Waals surface area contributed by atoms with Crippen molar-refractivity contribution in [1.29, 1.82) is 0 Å². The highest BCUT2D eigenvalue weighted by molar-refractivity contribution is 7.15. The number of fused-ring (bicyclic) bond motifs is 1. The van der Waals surface area contributed by atoms with Gasteiger partial charge in [0.25, 0.3) is 5.56 Å². The molecule has 2 aromatic carbocycles. The van der Waals surface area contributed by atoms with Gasteiger partial charge in [0.05, 0.1) is 10.6 Å². The van der Waals surface area contributed by atoms with E-state index in [1.165, 1.54) is 28.0 Å². The van der Waals surface area contributed by atoms with Crippen LogP contribution in [-0.4, -0.2) is 20.7 Å². The molecule has 0 spiro atoms. The monoisotopic (exact) mass is 381 g/mol.